The molecular weight excluding hydrogens is 386 g/mol. The van der Waals surface area contributed by atoms with Gasteiger partial charge in [-0.15, -0.1) is 0 Å². The highest BCUT2D eigenvalue weighted by molar-refractivity contribution is 6.30. The minimum atomic E-state index is -0.574. The first kappa shape index (κ1) is 21.3. The number of nitrogens with two attached hydrogens (primary N) is 1. The van der Waals surface area contributed by atoms with Crippen molar-refractivity contribution >= 4 is 29.1 Å². The normalized spacial score (nSPS) is 15.8. The zero-order valence-electron chi connectivity index (χ0n) is 16.8. The number of hydrogen-bond acceptors (Lipinski definition) is 3. The summed E-state index contributed by atoms with van der Waals surface area (Å²) in [4.78, 5) is 29.1. The van der Waals surface area contributed by atoms with Crippen LogP contribution in [0.25, 0.3) is 0 Å². The summed E-state index contributed by atoms with van der Waals surface area (Å²) in [6.45, 7) is 3.10. The fourth-order valence-corrected chi connectivity index (χ4v) is 3.98. The number of nitrogens with zero attached hydrogens (tertiary/aromatic N) is 2. The third-order valence-electron chi connectivity index (χ3n) is 5.43. The van der Waals surface area contributed by atoms with Gasteiger partial charge in [0.05, 0.1) is 6.04 Å². The topological polar surface area (TPSA) is 66.6 Å². The molecule has 5 nitrogen and oxygen atoms in total. The fraction of sp³-hybridized carbons (Fsp3) is 0.391. The van der Waals surface area contributed by atoms with Gasteiger partial charge in [-0.25, -0.2) is 0 Å². The van der Waals surface area contributed by atoms with Gasteiger partial charge >= 0.3 is 0 Å². The molecule has 2 amide bonds. The fourth-order valence-electron chi connectivity index (χ4n) is 3.86. The van der Waals surface area contributed by atoms with Gasteiger partial charge in [-0.2, -0.15) is 0 Å². The van der Waals surface area contributed by atoms with Crippen molar-refractivity contribution in [3.63, 3.8) is 0 Å². The van der Waals surface area contributed by atoms with Gasteiger partial charge in [0.2, 0.25) is 11.8 Å². The molecule has 3 rings (SSSR count). The van der Waals surface area contributed by atoms with Crippen LogP contribution in [0.3, 0.4) is 0 Å². The molecule has 0 saturated carbocycles. The molecule has 1 atom stereocenters. The number of carbonyl (C=O) groups is 2. The molecule has 1 aliphatic heterocycles. The number of carbonyl (C=O) groups excluding carboxylic acids is 2. The third kappa shape index (κ3) is 5.37. The predicted octanol–water partition coefficient (Wildman–Crippen LogP) is 3.64. The van der Waals surface area contributed by atoms with Crippen LogP contribution in [0, 0.1) is 0 Å². The molecule has 0 spiro atoms. The van der Waals surface area contributed by atoms with Gasteiger partial charge in [-0.3, -0.25) is 9.59 Å². The highest BCUT2D eigenvalue weighted by atomic mass is 35.5. The van der Waals surface area contributed by atoms with Crippen LogP contribution in [0.4, 0.5) is 5.69 Å². The summed E-state index contributed by atoms with van der Waals surface area (Å²) >= 11 is 5.91. The smallest absolute Gasteiger partial charge is 0.239 e. The lowest BCUT2D eigenvalue weighted by atomic mass is 9.99. The Morgan fingerprint density at radius 1 is 1.10 bits per heavy atom. The van der Waals surface area contributed by atoms with Crippen LogP contribution >= 0.6 is 11.6 Å². The molecule has 0 radical (unpaired) electrons. The third-order valence-corrected chi connectivity index (χ3v) is 5.68. The molecule has 2 aromatic carbocycles. The average Bonchev–Trinajstić information content (AvgIpc) is 2.76. The van der Waals surface area contributed by atoms with Crippen molar-refractivity contribution in [2.75, 3.05) is 18.0 Å². The maximum absolute atomic E-state index is 12.8. The summed E-state index contributed by atoms with van der Waals surface area (Å²) < 4.78 is 0. The number of piperidine rings is 1. The van der Waals surface area contributed by atoms with Crippen molar-refractivity contribution in [1.82, 2.24) is 4.90 Å². The Morgan fingerprint density at radius 2 is 1.72 bits per heavy atom. The monoisotopic (exact) mass is 413 g/mol. The van der Waals surface area contributed by atoms with E-state index < -0.39 is 6.04 Å². The van der Waals surface area contributed by atoms with Crippen LogP contribution < -0.4 is 10.6 Å². The molecule has 6 heteroatoms. The number of anilines is 1. The predicted molar refractivity (Wildman–Crippen MR) is 117 cm³/mol. The van der Waals surface area contributed by atoms with Gasteiger partial charge < -0.3 is 15.5 Å². The van der Waals surface area contributed by atoms with Gasteiger partial charge in [-0.1, -0.05) is 48.9 Å². The molecule has 1 heterocycles. The molecule has 1 fully saturated rings. The Bertz CT molecular complexity index is 818. The van der Waals surface area contributed by atoms with Crippen molar-refractivity contribution in [2.24, 2.45) is 5.73 Å². The van der Waals surface area contributed by atoms with Gasteiger partial charge in [0.15, 0.2) is 0 Å². The van der Waals surface area contributed by atoms with E-state index in [1.165, 1.54) is 0 Å². The van der Waals surface area contributed by atoms with E-state index in [0.29, 0.717) is 31.0 Å². The zero-order chi connectivity index (χ0) is 20.8. The van der Waals surface area contributed by atoms with E-state index in [4.69, 9.17) is 17.3 Å². The highest BCUT2D eigenvalue weighted by Gasteiger charge is 2.31. The molecule has 29 heavy (non-hydrogen) atoms. The molecule has 0 bridgehead atoms. The summed E-state index contributed by atoms with van der Waals surface area (Å²) in [7, 11) is 0. The molecule has 154 valence electrons. The summed E-state index contributed by atoms with van der Waals surface area (Å²) in [5.74, 6) is 0.0758. The van der Waals surface area contributed by atoms with Crippen molar-refractivity contribution in [3.8, 4) is 0 Å². The summed E-state index contributed by atoms with van der Waals surface area (Å²) in [6, 6.07) is 16.7. The summed E-state index contributed by atoms with van der Waals surface area (Å²) in [5, 5.41) is 0.667. The quantitative estimate of drug-likeness (QED) is 0.786. The van der Waals surface area contributed by atoms with E-state index in [1.54, 1.807) is 0 Å². The number of hydrogen-bond donors (Lipinski definition) is 1. The number of amides is 2. The average molecular weight is 414 g/mol. The van der Waals surface area contributed by atoms with E-state index in [9.17, 15) is 9.59 Å². The SMILES string of the molecule is CCC(=O)N(c1ccccc1)C1CCN(C(=O)[C@H](N)Cc2ccc(Cl)cc2)CC1. The molecular formula is C23H28ClN3O2. The van der Waals surface area contributed by atoms with Crippen LogP contribution in [0.1, 0.15) is 31.7 Å². The number of para-hydroxylation sites is 1. The minimum Gasteiger partial charge on any atom is -0.341 e. The van der Waals surface area contributed by atoms with E-state index >= 15 is 0 Å². The lowest BCUT2D eigenvalue weighted by Gasteiger charge is -2.39. The molecule has 2 aromatic rings. The largest absolute Gasteiger partial charge is 0.341 e. The van der Waals surface area contributed by atoms with Crippen molar-refractivity contribution in [3.05, 3.63) is 65.2 Å². The number of halogens is 1. The van der Waals surface area contributed by atoms with Crippen molar-refractivity contribution in [2.45, 2.75) is 44.7 Å². The standard InChI is InChI=1S/C23H28ClN3O2/c1-2-22(28)27(19-6-4-3-5-7-19)20-12-14-26(15-13-20)23(29)21(25)16-17-8-10-18(24)11-9-17/h3-11,20-21H,2,12-16,25H2,1H3/t21-/m1/s1. The molecule has 2 N–H and O–H groups in total. The molecule has 1 aliphatic rings. The van der Waals surface area contributed by atoms with Gasteiger partial charge in [0.1, 0.15) is 0 Å². The first-order valence-corrected chi connectivity index (χ1v) is 10.5. The minimum absolute atomic E-state index is 0.0357. The number of benzene rings is 2. The number of rotatable bonds is 6. The summed E-state index contributed by atoms with van der Waals surface area (Å²) in [5.41, 5.74) is 8.10. The molecule has 0 unspecified atom stereocenters. The molecule has 1 saturated heterocycles. The number of likely N-dealkylation sites (tertiary alicyclic amines) is 1. The first-order chi connectivity index (χ1) is 14.0. The summed E-state index contributed by atoms with van der Waals surface area (Å²) in [6.07, 6.45) is 2.44. The van der Waals surface area contributed by atoms with Gasteiger partial charge in [0, 0.05) is 36.3 Å². The highest BCUT2D eigenvalue weighted by Crippen LogP contribution is 2.25. The molecule has 0 aromatic heterocycles. The maximum Gasteiger partial charge on any atom is 0.239 e. The van der Waals surface area contributed by atoms with E-state index in [-0.39, 0.29) is 17.9 Å². The van der Waals surface area contributed by atoms with Crippen molar-refractivity contribution < 1.29 is 9.59 Å². The van der Waals surface area contributed by atoms with Crippen LogP contribution in [-0.2, 0) is 16.0 Å². The van der Waals surface area contributed by atoms with Gasteiger partial charge in [-0.05, 0) is 49.1 Å². The van der Waals surface area contributed by atoms with Crippen LogP contribution in [0.2, 0.25) is 5.02 Å². The Balaban J connectivity index is 1.60. The lowest BCUT2D eigenvalue weighted by molar-refractivity contribution is -0.133. The second-order valence-corrected chi connectivity index (χ2v) is 7.88. The van der Waals surface area contributed by atoms with E-state index in [2.05, 4.69) is 0 Å². The maximum atomic E-state index is 12.8. The second-order valence-electron chi connectivity index (χ2n) is 7.45. The van der Waals surface area contributed by atoms with E-state index in [0.717, 1.165) is 24.1 Å². The zero-order valence-corrected chi connectivity index (χ0v) is 17.5. The first-order valence-electron chi connectivity index (χ1n) is 10.2. The second kappa shape index (κ2) is 9.90. The van der Waals surface area contributed by atoms with Crippen LogP contribution in [0.5, 0.6) is 0 Å². The van der Waals surface area contributed by atoms with Crippen LogP contribution in [-0.4, -0.2) is 41.9 Å². The Kier molecular flexibility index (Phi) is 7.29. The van der Waals surface area contributed by atoms with Gasteiger partial charge in [0.25, 0.3) is 0 Å². The van der Waals surface area contributed by atoms with Crippen LogP contribution in [0.15, 0.2) is 54.6 Å². The lowest BCUT2D eigenvalue weighted by Crippen LogP contribution is -2.52. The Morgan fingerprint density at radius 3 is 2.31 bits per heavy atom. The Labute approximate surface area is 177 Å². The van der Waals surface area contributed by atoms with E-state index in [1.807, 2.05) is 71.3 Å². The Hall–Kier alpha value is -2.37. The molecule has 0 aliphatic carbocycles. The van der Waals surface area contributed by atoms with Crippen molar-refractivity contribution in [1.29, 1.82) is 0 Å².